The van der Waals surface area contributed by atoms with E-state index in [0.717, 1.165) is 42.9 Å². The van der Waals surface area contributed by atoms with Crippen LogP contribution in [0.25, 0.3) is 0 Å². The van der Waals surface area contributed by atoms with Crippen LogP contribution >= 0.6 is 0 Å². The third-order valence-corrected chi connectivity index (χ3v) is 3.76. The molecule has 0 radical (unpaired) electrons. The van der Waals surface area contributed by atoms with E-state index in [1.54, 1.807) is 0 Å². The Morgan fingerprint density at radius 3 is 2.10 bits per heavy atom. The Morgan fingerprint density at radius 2 is 1.38 bits per heavy atom. The summed E-state index contributed by atoms with van der Waals surface area (Å²) in [6, 6.07) is 17.2. The van der Waals surface area contributed by atoms with Crippen LogP contribution in [0.1, 0.15) is 25.7 Å². The van der Waals surface area contributed by atoms with Crippen molar-refractivity contribution >= 4 is 0 Å². The van der Waals surface area contributed by atoms with E-state index in [2.05, 4.69) is 0 Å². The predicted octanol–water partition coefficient (Wildman–Crippen LogP) is 4.16. The largest absolute Gasteiger partial charge is 0.488 e. The Balaban J connectivity index is 1.61. The molecule has 1 fully saturated rings. The number of hydrogen-bond donors (Lipinski definition) is 1. The van der Waals surface area contributed by atoms with Gasteiger partial charge in [-0.25, -0.2) is 0 Å². The van der Waals surface area contributed by atoms with Gasteiger partial charge in [0.05, 0.1) is 6.10 Å². The second-order valence-corrected chi connectivity index (χ2v) is 5.39. The summed E-state index contributed by atoms with van der Waals surface area (Å²) in [5.74, 6) is 2.37. The Kier molecular flexibility index (Phi) is 4.41. The number of aliphatic hydroxyl groups excluding tert-OH is 1. The average molecular weight is 284 g/mol. The van der Waals surface area contributed by atoms with E-state index in [1.807, 2.05) is 54.6 Å². The molecule has 0 saturated heterocycles. The van der Waals surface area contributed by atoms with Crippen molar-refractivity contribution in [2.75, 3.05) is 0 Å². The van der Waals surface area contributed by atoms with Gasteiger partial charge in [0.15, 0.2) is 0 Å². The van der Waals surface area contributed by atoms with Gasteiger partial charge in [-0.3, -0.25) is 0 Å². The summed E-state index contributed by atoms with van der Waals surface area (Å²) in [5, 5.41) is 9.93. The molecule has 2 atom stereocenters. The first-order valence-electron chi connectivity index (χ1n) is 7.49. The third-order valence-electron chi connectivity index (χ3n) is 3.76. The number of hydrogen-bond acceptors (Lipinski definition) is 3. The van der Waals surface area contributed by atoms with Gasteiger partial charge in [-0.15, -0.1) is 0 Å². The summed E-state index contributed by atoms with van der Waals surface area (Å²) >= 11 is 0. The number of benzene rings is 2. The van der Waals surface area contributed by atoms with Crippen molar-refractivity contribution in [2.24, 2.45) is 0 Å². The van der Waals surface area contributed by atoms with Crippen LogP contribution in [-0.4, -0.2) is 17.3 Å². The second-order valence-electron chi connectivity index (χ2n) is 5.39. The van der Waals surface area contributed by atoms with Crippen LogP contribution in [0.3, 0.4) is 0 Å². The minimum Gasteiger partial charge on any atom is -0.488 e. The quantitative estimate of drug-likeness (QED) is 0.916. The SMILES string of the molecule is OC1CCCCC1Oc1ccc(Oc2ccccc2)cc1. The summed E-state index contributed by atoms with van der Waals surface area (Å²) in [5.41, 5.74) is 0. The molecule has 3 rings (SSSR count). The van der Waals surface area contributed by atoms with E-state index in [0.29, 0.717) is 0 Å². The number of para-hydroxylation sites is 1. The van der Waals surface area contributed by atoms with Crippen molar-refractivity contribution in [3.63, 3.8) is 0 Å². The van der Waals surface area contributed by atoms with Crippen molar-refractivity contribution in [3.05, 3.63) is 54.6 Å². The molecule has 2 aromatic rings. The van der Waals surface area contributed by atoms with E-state index in [1.165, 1.54) is 0 Å². The summed E-state index contributed by atoms with van der Waals surface area (Å²) < 4.78 is 11.6. The summed E-state index contributed by atoms with van der Waals surface area (Å²) in [6.45, 7) is 0. The fraction of sp³-hybridized carbons (Fsp3) is 0.333. The molecule has 110 valence electrons. The van der Waals surface area contributed by atoms with Crippen LogP contribution in [0.2, 0.25) is 0 Å². The molecule has 3 nitrogen and oxygen atoms in total. The summed E-state index contributed by atoms with van der Waals surface area (Å²) in [7, 11) is 0. The zero-order valence-electron chi connectivity index (χ0n) is 11.9. The monoisotopic (exact) mass is 284 g/mol. The lowest BCUT2D eigenvalue weighted by Gasteiger charge is -2.28. The lowest BCUT2D eigenvalue weighted by atomic mass is 9.95. The summed E-state index contributed by atoms with van der Waals surface area (Å²) in [6.07, 6.45) is 3.53. The minimum atomic E-state index is -0.348. The number of rotatable bonds is 4. The fourth-order valence-electron chi connectivity index (χ4n) is 2.60. The molecule has 2 aromatic carbocycles. The lowest BCUT2D eigenvalue weighted by molar-refractivity contribution is 0.00686. The van der Waals surface area contributed by atoms with Crippen LogP contribution in [0, 0.1) is 0 Å². The first-order valence-corrected chi connectivity index (χ1v) is 7.49. The van der Waals surface area contributed by atoms with Crippen LogP contribution in [0.15, 0.2) is 54.6 Å². The highest BCUT2D eigenvalue weighted by molar-refractivity contribution is 5.35. The van der Waals surface area contributed by atoms with Gasteiger partial charge in [-0.05, 0) is 55.7 Å². The van der Waals surface area contributed by atoms with Gasteiger partial charge < -0.3 is 14.6 Å². The molecule has 0 heterocycles. The molecule has 0 aliphatic heterocycles. The molecule has 0 bridgehead atoms. The van der Waals surface area contributed by atoms with Crippen molar-refractivity contribution in [2.45, 2.75) is 37.9 Å². The van der Waals surface area contributed by atoms with Gasteiger partial charge in [-0.2, -0.15) is 0 Å². The van der Waals surface area contributed by atoms with E-state index in [9.17, 15) is 5.11 Å². The van der Waals surface area contributed by atoms with E-state index in [4.69, 9.17) is 9.47 Å². The molecule has 2 unspecified atom stereocenters. The molecule has 3 heteroatoms. The van der Waals surface area contributed by atoms with Crippen LogP contribution in [-0.2, 0) is 0 Å². The van der Waals surface area contributed by atoms with Crippen molar-refractivity contribution in [1.82, 2.24) is 0 Å². The Labute approximate surface area is 125 Å². The molecule has 0 spiro atoms. The van der Waals surface area contributed by atoms with E-state index < -0.39 is 0 Å². The molecule has 21 heavy (non-hydrogen) atoms. The maximum absolute atomic E-state index is 9.93. The van der Waals surface area contributed by atoms with Gasteiger partial charge in [-0.1, -0.05) is 24.6 Å². The van der Waals surface area contributed by atoms with Crippen molar-refractivity contribution in [3.8, 4) is 17.2 Å². The predicted molar refractivity (Wildman–Crippen MR) is 81.8 cm³/mol. The minimum absolute atomic E-state index is 0.0837. The number of ether oxygens (including phenoxy) is 2. The van der Waals surface area contributed by atoms with Gasteiger partial charge in [0.25, 0.3) is 0 Å². The molecule has 1 aliphatic rings. The maximum atomic E-state index is 9.93. The van der Waals surface area contributed by atoms with Crippen molar-refractivity contribution in [1.29, 1.82) is 0 Å². The van der Waals surface area contributed by atoms with Crippen LogP contribution in [0.5, 0.6) is 17.2 Å². The lowest BCUT2D eigenvalue weighted by Crippen LogP contribution is -2.34. The first kappa shape index (κ1) is 14.0. The van der Waals surface area contributed by atoms with Gasteiger partial charge >= 0.3 is 0 Å². The number of aliphatic hydroxyl groups is 1. The normalized spacial score (nSPS) is 21.8. The van der Waals surface area contributed by atoms with Crippen LogP contribution in [0.4, 0.5) is 0 Å². The Morgan fingerprint density at radius 1 is 0.762 bits per heavy atom. The Bertz CT molecular complexity index is 550. The molecule has 1 saturated carbocycles. The van der Waals surface area contributed by atoms with E-state index >= 15 is 0 Å². The van der Waals surface area contributed by atoms with Crippen LogP contribution < -0.4 is 9.47 Å². The highest BCUT2D eigenvalue weighted by Crippen LogP contribution is 2.27. The standard InChI is InChI=1S/C18H20O3/c19-17-8-4-5-9-18(17)21-16-12-10-15(11-13-16)20-14-6-2-1-3-7-14/h1-3,6-7,10-13,17-19H,4-5,8-9H2. The van der Waals surface area contributed by atoms with Gasteiger partial charge in [0.1, 0.15) is 23.4 Å². The molecular formula is C18H20O3. The van der Waals surface area contributed by atoms with Gasteiger partial charge in [0, 0.05) is 0 Å². The van der Waals surface area contributed by atoms with Gasteiger partial charge in [0.2, 0.25) is 0 Å². The smallest absolute Gasteiger partial charge is 0.127 e. The zero-order valence-corrected chi connectivity index (χ0v) is 11.9. The molecule has 1 N–H and O–H groups in total. The summed E-state index contributed by atoms with van der Waals surface area (Å²) in [4.78, 5) is 0. The maximum Gasteiger partial charge on any atom is 0.127 e. The van der Waals surface area contributed by atoms with E-state index in [-0.39, 0.29) is 12.2 Å². The van der Waals surface area contributed by atoms with Crippen molar-refractivity contribution < 1.29 is 14.6 Å². The molecule has 0 aromatic heterocycles. The molecule has 1 aliphatic carbocycles. The highest BCUT2D eigenvalue weighted by Gasteiger charge is 2.24. The zero-order chi connectivity index (χ0) is 14.5. The molecular weight excluding hydrogens is 264 g/mol. The third kappa shape index (κ3) is 3.76. The molecule has 0 amide bonds. The average Bonchev–Trinajstić information content (AvgIpc) is 2.52. The first-order chi connectivity index (χ1) is 10.3. The highest BCUT2D eigenvalue weighted by atomic mass is 16.5. The fourth-order valence-corrected chi connectivity index (χ4v) is 2.60. The second kappa shape index (κ2) is 6.64. The Hall–Kier alpha value is -2.00. The topological polar surface area (TPSA) is 38.7 Å².